The van der Waals surface area contributed by atoms with E-state index < -0.39 is 15.0 Å². The summed E-state index contributed by atoms with van der Waals surface area (Å²) in [5, 5.41) is 29.8. The summed E-state index contributed by atoms with van der Waals surface area (Å²) < 4.78 is 33.4. The number of nitrogens with zero attached hydrogens (tertiary/aromatic N) is 5. The van der Waals surface area contributed by atoms with Gasteiger partial charge in [-0.2, -0.15) is 8.42 Å². The van der Waals surface area contributed by atoms with Crippen molar-refractivity contribution >= 4 is 15.8 Å². The smallest absolute Gasteiger partial charge is 0.341 e. The Bertz CT molecular complexity index is 1470. The lowest BCUT2D eigenvalue weighted by molar-refractivity contribution is -0.735. The van der Waals surface area contributed by atoms with Crippen LogP contribution in [0.3, 0.4) is 0 Å². The minimum absolute atomic E-state index is 0.0222. The van der Waals surface area contributed by atoms with Gasteiger partial charge in [-0.05, 0) is 53.2 Å². The van der Waals surface area contributed by atoms with E-state index in [-0.39, 0.29) is 28.6 Å². The molecule has 1 heterocycles. The van der Waals surface area contributed by atoms with Crippen LogP contribution in [0.4, 0.5) is 5.69 Å². The molecule has 168 valence electrons. The predicted molar refractivity (Wildman–Crippen MR) is 115 cm³/mol. The van der Waals surface area contributed by atoms with Crippen molar-refractivity contribution in [3.8, 4) is 22.8 Å². The van der Waals surface area contributed by atoms with E-state index in [2.05, 4.69) is 10.2 Å². The fraction of sp³-hybridized carbons (Fsp3) is 0.0952. The number of hydrogen-bond donors (Lipinski definition) is 2. The molecule has 0 unspecified atom stereocenters. The number of tetrazole rings is 1. The highest BCUT2D eigenvalue weighted by atomic mass is 32.2. The molecule has 0 atom stereocenters. The van der Waals surface area contributed by atoms with E-state index >= 15 is 0 Å². The second-order valence-corrected chi connectivity index (χ2v) is 8.53. The molecule has 0 aliphatic rings. The summed E-state index contributed by atoms with van der Waals surface area (Å²) in [7, 11) is -4.56. The fourth-order valence-electron chi connectivity index (χ4n) is 3.33. The largest absolute Gasteiger partial charge is 0.392 e. The Morgan fingerprint density at radius 1 is 1.09 bits per heavy atom. The van der Waals surface area contributed by atoms with Crippen LogP contribution in [0.5, 0.6) is 0 Å². The Morgan fingerprint density at radius 3 is 2.42 bits per heavy atom. The van der Waals surface area contributed by atoms with Gasteiger partial charge in [-0.25, -0.2) is 0 Å². The summed E-state index contributed by atoms with van der Waals surface area (Å²) in [5.41, 5.74) is 2.24. The molecule has 0 saturated carbocycles. The average Bonchev–Trinajstić information content (AvgIpc) is 3.23. The monoisotopic (exact) mass is 468 g/mol. The van der Waals surface area contributed by atoms with E-state index in [4.69, 9.17) is 0 Å². The standard InChI is InChI=1S/C21H17N5O6S/c1-14-6-11-19(15(12-14)13-27)25-23-21(18-4-2-3-5-20(18)33(30,31)32)22-24(25)16-7-9-17(10-8-16)26(28)29/h2-12,27H,13H2,1H3/p+1. The molecule has 3 aromatic carbocycles. The van der Waals surface area contributed by atoms with E-state index in [0.717, 1.165) is 5.56 Å². The zero-order valence-electron chi connectivity index (χ0n) is 17.2. The van der Waals surface area contributed by atoms with Gasteiger partial charge in [0.25, 0.3) is 15.8 Å². The molecule has 2 N–H and O–H groups in total. The highest BCUT2D eigenvalue weighted by Gasteiger charge is 2.29. The van der Waals surface area contributed by atoms with E-state index in [1.807, 2.05) is 13.0 Å². The van der Waals surface area contributed by atoms with Gasteiger partial charge in [-0.1, -0.05) is 23.8 Å². The van der Waals surface area contributed by atoms with E-state index in [1.54, 1.807) is 18.2 Å². The normalized spacial score (nSPS) is 11.5. The number of rotatable bonds is 6. The van der Waals surface area contributed by atoms with Crippen molar-refractivity contribution < 1.29 is 27.8 Å². The van der Waals surface area contributed by atoms with Crippen molar-refractivity contribution in [2.45, 2.75) is 18.4 Å². The lowest BCUT2D eigenvalue weighted by Gasteiger charge is -2.05. The van der Waals surface area contributed by atoms with Crippen LogP contribution in [0.2, 0.25) is 0 Å². The van der Waals surface area contributed by atoms with Gasteiger partial charge in [0, 0.05) is 22.5 Å². The summed E-state index contributed by atoms with van der Waals surface area (Å²) in [6.45, 7) is 1.57. The average molecular weight is 468 g/mol. The molecule has 4 aromatic rings. The quantitative estimate of drug-likeness (QED) is 0.189. The molecule has 1 aromatic heterocycles. The van der Waals surface area contributed by atoms with Crippen LogP contribution in [0.15, 0.2) is 71.6 Å². The highest BCUT2D eigenvalue weighted by molar-refractivity contribution is 7.86. The van der Waals surface area contributed by atoms with Crippen LogP contribution in [0, 0.1) is 17.0 Å². The molecular weight excluding hydrogens is 450 g/mol. The SMILES string of the molecule is Cc1ccc(-[n+]2nc(-c3ccccc3S(=O)(=O)O)nn2-c2ccc([N+](=O)[O-])cc2)c(CO)c1. The summed E-state index contributed by atoms with van der Waals surface area (Å²) >= 11 is 0. The number of aromatic nitrogens is 4. The van der Waals surface area contributed by atoms with Crippen LogP contribution in [-0.4, -0.2) is 38.0 Å². The Morgan fingerprint density at radius 2 is 1.79 bits per heavy atom. The summed E-state index contributed by atoms with van der Waals surface area (Å²) in [6, 6.07) is 16.5. The van der Waals surface area contributed by atoms with Crippen LogP contribution < -0.4 is 4.80 Å². The molecule has 0 spiro atoms. The molecule has 0 saturated heterocycles. The van der Waals surface area contributed by atoms with Crippen molar-refractivity contribution in [3.63, 3.8) is 0 Å². The van der Waals surface area contributed by atoms with E-state index in [1.165, 1.54) is 52.1 Å². The molecule has 33 heavy (non-hydrogen) atoms. The van der Waals surface area contributed by atoms with Crippen molar-refractivity contribution in [2.24, 2.45) is 0 Å². The zero-order chi connectivity index (χ0) is 23.8. The molecular formula is C21H18N5O6S+. The Kier molecular flexibility index (Phi) is 5.72. The van der Waals surface area contributed by atoms with Gasteiger partial charge >= 0.3 is 5.82 Å². The van der Waals surface area contributed by atoms with Crippen LogP contribution in [-0.2, 0) is 16.7 Å². The number of nitro groups is 1. The maximum Gasteiger partial charge on any atom is 0.341 e. The van der Waals surface area contributed by atoms with Crippen molar-refractivity contribution in [1.82, 2.24) is 15.0 Å². The van der Waals surface area contributed by atoms with Gasteiger partial charge < -0.3 is 5.11 Å². The Hall–Kier alpha value is -4.00. The third-order valence-corrected chi connectivity index (χ3v) is 5.79. The number of benzene rings is 3. The number of hydrogen-bond acceptors (Lipinski definition) is 7. The maximum absolute atomic E-state index is 11.9. The second-order valence-electron chi connectivity index (χ2n) is 7.14. The molecule has 0 bridgehead atoms. The van der Waals surface area contributed by atoms with Gasteiger partial charge in [0.1, 0.15) is 10.6 Å². The molecule has 0 aliphatic heterocycles. The van der Waals surface area contributed by atoms with E-state index in [9.17, 15) is 28.2 Å². The predicted octanol–water partition coefficient (Wildman–Crippen LogP) is 2.17. The van der Waals surface area contributed by atoms with Crippen LogP contribution >= 0.6 is 0 Å². The van der Waals surface area contributed by atoms with Gasteiger partial charge in [0.2, 0.25) is 0 Å². The van der Waals surface area contributed by atoms with Crippen LogP contribution in [0.1, 0.15) is 11.1 Å². The summed E-state index contributed by atoms with van der Waals surface area (Å²) in [6.07, 6.45) is 0. The second kappa shape index (κ2) is 8.50. The summed E-state index contributed by atoms with van der Waals surface area (Å²) in [4.78, 5) is 12.8. The topological polar surface area (TPSA) is 152 Å². The number of aliphatic hydroxyl groups is 1. The molecule has 11 nitrogen and oxygen atoms in total. The first-order valence-corrected chi connectivity index (χ1v) is 11.0. The Balaban J connectivity index is 1.99. The number of aliphatic hydroxyl groups excluding tert-OH is 1. The van der Waals surface area contributed by atoms with Gasteiger partial charge in [0.15, 0.2) is 5.69 Å². The first kappa shape index (κ1) is 22.2. The minimum atomic E-state index is -4.56. The van der Waals surface area contributed by atoms with Crippen molar-refractivity contribution in [1.29, 1.82) is 0 Å². The third-order valence-electron chi connectivity index (χ3n) is 4.88. The Labute approximate surface area is 188 Å². The highest BCUT2D eigenvalue weighted by Crippen LogP contribution is 2.25. The minimum Gasteiger partial charge on any atom is -0.392 e. The van der Waals surface area contributed by atoms with Crippen molar-refractivity contribution in [2.75, 3.05) is 0 Å². The molecule has 0 aliphatic carbocycles. The molecule has 0 amide bonds. The van der Waals surface area contributed by atoms with Gasteiger partial charge in [0.05, 0.1) is 22.2 Å². The lowest BCUT2D eigenvalue weighted by Crippen LogP contribution is -2.44. The maximum atomic E-state index is 11.9. The van der Waals surface area contributed by atoms with Crippen molar-refractivity contribution in [3.05, 3.63) is 88.0 Å². The molecule has 0 radical (unpaired) electrons. The van der Waals surface area contributed by atoms with Gasteiger partial charge in [-0.15, -0.1) is 0 Å². The van der Waals surface area contributed by atoms with Crippen LogP contribution in [0.25, 0.3) is 22.8 Å². The van der Waals surface area contributed by atoms with E-state index in [0.29, 0.717) is 16.9 Å². The number of aryl methyl sites for hydroxylation is 1. The lowest BCUT2D eigenvalue weighted by atomic mass is 10.1. The molecule has 0 fully saturated rings. The first-order valence-electron chi connectivity index (χ1n) is 9.61. The number of nitro benzene ring substituents is 1. The fourth-order valence-corrected chi connectivity index (χ4v) is 4.02. The zero-order valence-corrected chi connectivity index (χ0v) is 18.0. The molecule has 4 rings (SSSR count). The first-order chi connectivity index (χ1) is 15.7. The molecule has 12 heteroatoms. The summed E-state index contributed by atoms with van der Waals surface area (Å²) in [5.74, 6) is -0.0222. The third kappa shape index (κ3) is 4.35. The van der Waals surface area contributed by atoms with Gasteiger partial charge in [-0.3, -0.25) is 14.7 Å². The number of non-ortho nitro benzene ring substituents is 1.